The van der Waals surface area contributed by atoms with E-state index in [9.17, 15) is 9.90 Å². The van der Waals surface area contributed by atoms with Gasteiger partial charge in [0.1, 0.15) is 0 Å². The highest BCUT2D eigenvalue weighted by molar-refractivity contribution is 9.10. The Morgan fingerprint density at radius 1 is 1.14 bits per heavy atom. The van der Waals surface area contributed by atoms with Crippen LogP contribution >= 0.6 is 15.9 Å². The smallest absolute Gasteiger partial charge is 0.251 e. The number of hydrogen-bond acceptors (Lipinski definition) is 2. The first kappa shape index (κ1) is 15.7. The number of nitrogens with one attached hydrogen (secondary N) is 1. The molecule has 0 aromatic heterocycles. The lowest BCUT2D eigenvalue weighted by Gasteiger charge is -2.21. The molecule has 2 aromatic carbocycles. The number of aliphatic hydroxyl groups excluding tert-OH is 1. The summed E-state index contributed by atoms with van der Waals surface area (Å²) < 4.78 is 0.954. The van der Waals surface area contributed by atoms with Crippen LogP contribution in [0.15, 0.2) is 53.0 Å². The van der Waals surface area contributed by atoms with E-state index in [1.807, 2.05) is 49.4 Å². The van der Waals surface area contributed by atoms with Gasteiger partial charge in [-0.05, 0) is 43.2 Å². The lowest BCUT2D eigenvalue weighted by Crippen LogP contribution is -2.37. The van der Waals surface area contributed by atoms with Crippen LogP contribution in [-0.4, -0.2) is 17.1 Å². The number of aryl methyl sites for hydroxylation is 1. The van der Waals surface area contributed by atoms with Gasteiger partial charge in [-0.1, -0.05) is 46.3 Å². The van der Waals surface area contributed by atoms with Crippen LogP contribution in [-0.2, 0) is 0 Å². The van der Waals surface area contributed by atoms with Gasteiger partial charge in [-0.15, -0.1) is 0 Å². The quantitative estimate of drug-likeness (QED) is 0.887. The number of halogens is 1. The molecule has 0 heterocycles. The Hall–Kier alpha value is -1.65. The summed E-state index contributed by atoms with van der Waals surface area (Å²) in [5.74, 6) is -0.170. The van der Waals surface area contributed by atoms with Gasteiger partial charge in [0.05, 0.1) is 12.1 Å². The molecule has 4 heteroatoms. The minimum atomic E-state index is -0.744. The third kappa shape index (κ3) is 3.93. The SMILES string of the molecule is Cc1ccccc1C(=O)NC(C)C(O)c1ccc(Br)cc1. The lowest BCUT2D eigenvalue weighted by atomic mass is 10.0. The molecule has 0 spiro atoms. The average molecular weight is 348 g/mol. The molecule has 0 aliphatic carbocycles. The maximum atomic E-state index is 12.2. The van der Waals surface area contributed by atoms with E-state index >= 15 is 0 Å². The largest absolute Gasteiger partial charge is 0.386 e. The van der Waals surface area contributed by atoms with Crippen LogP contribution in [0.2, 0.25) is 0 Å². The highest BCUT2D eigenvalue weighted by Gasteiger charge is 2.19. The Labute approximate surface area is 133 Å². The predicted molar refractivity (Wildman–Crippen MR) is 87.2 cm³/mol. The first-order valence-corrected chi connectivity index (χ1v) is 7.58. The Bertz CT molecular complexity index is 625. The minimum absolute atomic E-state index is 0.170. The van der Waals surface area contributed by atoms with Crippen molar-refractivity contribution in [3.05, 3.63) is 69.7 Å². The zero-order chi connectivity index (χ0) is 15.4. The van der Waals surface area contributed by atoms with Crippen LogP contribution in [0, 0.1) is 6.92 Å². The van der Waals surface area contributed by atoms with Crippen molar-refractivity contribution in [1.29, 1.82) is 0 Å². The van der Waals surface area contributed by atoms with E-state index in [0.717, 1.165) is 15.6 Å². The average Bonchev–Trinajstić information content (AvgIpc) is 2.47. The van der Waals surface area contributed by atoms with Crippen molar-refractivity contribution in [2.75, 3.05) is 0 Å². The van der Waals surface area contributed by atoms with Crippen molar-refractivity contribution >= 4 is 21.8 Å². The first-order chi connectivity index (χ1) is 9.99. The number of benzene rings is 2. The van der Waals surface area contributed by atoms with Gasteiger partial charge in [-0.3, -0.25) is 4.79 Å². The van der Waals surface area contributed by atoms with Gasteiger partial charge < -0.3 is 10.4 Å². The molecule has 0 aliphatic heterocycles. The highest BCUT2D eigenvalue weighted by atomic mass is 79.9. The molecule has 1 amide bonds. The summed E-state index contributed by atoms with van der Waals surface area (Å²) in [5, 5.41) is 13.2. The van der Waals surface area contributed by atoms with Crippen molar-refractivity contribution in [3.63, 3.8) is 0 Å². The number of carbonyl (C=O) groups is 1. The fourth-order valence-electron chi connectivity index (χ4n) is 2.14. The molecule has 0 fully saturated rings. The highest BCUT2D eigenvalue weighted by Crippen LogP contribution is 2.20. The Balaban J connectivity index is 2.07. The fraction of sp³-hybridized carbons (Fsp3) is 0.235. The van der Waals surface area contributed by atoms with E-state index < -0.39 is 6.10 Å². The molecule has 3 nitrogen and oxygen atoms in total. The van der Waals surface area contributed by atoms with Crippen LogP contribution in [0.3, 0.4) is 0 Å². The molecule has 0 saturated carbocycles. The summed E-state index contributed by atoms with van der Waals surface area (Å²) in [5.41, 5.74) is 2.32. The number of amides is 1. The zero-order valence-corrected chi connectivity index (χ0v) is 13.6. The van der Waals surface area contributed by atoms with Gasteiger partial charge in [-0.25, -0.2) is 0 Å². The van der Waals surface area contributed by atoms with Gasteiger partial charge in [-0.2, -0.15) is 0 Å². The molecular weight excluding hydrogens is 330 g/mol. The molecule has 21 heavy (non-hydrogen) atoms. The molecule has 2 N–H and O–H groups in total. The summed E-state index contributed by atoms with van der Waals surface area (Å²) >= 11 is 3.36. The molecule has 0 bridgehead atoms. The summed E-state index contributed by atoms with van der Waals surface area (Å²) in [6, 6.07) is 14.4. The van der Waals surface area contributed by atoms with Gasteiger partial charge in [0.2, 0.25) is 0 Å². The molecule has 110 valence electrons. The van der Waals surface area contributed by atoms with Gasteiger partial charge in [0.25, 0.3) is 5.91 Å². The summed E-state index contributed by atoms with van der Waals surface area (Å²) in [6.45, 7) is 3.69. The molecule has 2 rings (SSSR count). The van der Waals surface area contributed by atoms with Gasteiger partial charge >= 0.3 is 0 Å². The third-order valence-electron chi connectivity index (χ3n) is 3.43. The van der Waals surface area contributed by atoms with Crippen molar-refractivity contribution in [1.82, 2.24) is 5.32 Å². The van der Waals surface area contributed by atoms with Crippen molar-refractivity contribution in [2.45, 2.75) is 26.0 Å². The second-order valence-corrected chi connectivity index (χ2v) is 5.99. The summed E-state index contributed by atoms with van der Waals surface area (Å²) in [7, 11) is 0. The van der Waals surface area contributed by atoms with Crippen LogP contribution in [0.1, 0.15) is 34.5 Å². The van der Waals surface area contributed by atoms with Crippen LogP contribution < -0.4 is 5.32 Å². The van der Waals surface area contributed by atoms with E-state index in [0.29, 0.717) is 5.56 Å². The van der Waals surface area contributed by atoms with Gasteiger partial charge in [0.15, 0.2) is 0 Å². The Morgan fingerprint density at radius 2 is 1.76 bits per heavy atom. The van der Waals surface area contributed by atoms with Crippen LogP contribution in [0.25, 0.3) is 0 Å². The van der Waals surface area contributed by atoms with Crippen LogP contribution in [0.4, 0.5) is 0 Å². The maximum Gasteiger partial charge on any atom is 0.251 e. The topological polar surface area (TPSA) is 49.3 Å². The second-order valence-electron chi connectivity index (χ2n) is 5.07. The van der Waals surface area contributed by atoms with Crippen molar-refractivity contribution in [3.8, 4) is 0 Å². The molecule has 2 aromatic rings. The van der Waals surface area contributed by atoms with Crippen molar-refractivity contribution < 1.29 is 9.90 Å². The minimum Gasteiger partial charge on any atom is -0.386 e. The van der Waals surface area contributed by atoms with Crippen molar-refractivity contribution in [2.24, 2.45) is 0 Å². The molecule has 0 aliphatic rings. The van der Waals surface area contributed by atoms with E-state index in [1.165, 1.54) is 0 Å². The Kier molecular flexibility index (Phi) is 5.15. The summed E-state index contributed by atoms with van der Waals surface area (Å²) in [4.78, 5) is 12.2. The predicted octanol–water partition coefficient (Wildman–Crippen LogP) is 3.61. The van der Waals surface area contributed by atoms with E-state index in [4.69, 9.17) is 0 Å². The monoisotopic (exact) mass is 347 g/mol. The molecule has 2 atom stereocenters. The summed E-state index contributed by atoms with van der Waals surface area (Å²) in [6.07, 6.45) is -0.744. The van der Waals surface area contributed by atoms with E-state index in [2.05, 4.69) is 21.2 Å². The normalized spacial score (nSPS) is 13.5. The fourth-order valence-corrected chi connectivity index (χ4v) is 2.40. The molecule has 2 unspecified atom stereocenters. The van der Waals surface area contributed by atoms with E-state index in [-0.39, 0.29) is 11.9 Å². The first-order valence-electron chi connectivity index (χ1n) is 6.79. The second kappa shape index (κ2) is 6.87. The zero-order valence-electron chi connectivity index (χ0n) is 12.0. The number of aliphatic hydroxyl groups is 1. The number of hydrogen-bond donors (Lipinski definition) is 2. The van der Waals surface area contributed by atoms with E-state index in [1.54, 1.807) is 13.0 Å². The standard InChI is InChI=1S/C17H18BrNO2/c1-11-5-3-4-6-15(11)17(21)19-12(2)16(20)13-7-9-14(18)10-8-13/h3-10,12,16,20H,1-2H3,(H,19,21). The third-order valence-corrected chi connectivity index (χ3v) is 3.96. The number of carbonyl (C=O) groups excluding carboxylic acids is 1. The van der Waals surface area contributed by atoms with Crippen LogP contribution in [0.5, 0.6) is 0 Å². The lowest BCUT2D eigenvalue weighted by molar-refractivity contribution is 0.0851. The molecule has 0 radical (unpaired) electrons. The Morgan fingerprint density at radius 3 is 2.38 bits per heavy atom. The van der Waals surface area contributed by atoms with Gasteiger partial charge in [0, 0.05) is 10.0 Å². The molecular formula is C17H18BrNO2. The maximum absolute atomic E-state index is 12.2. The molecule has 0 saturated heterocycles. The number of rotatable bonds is 4.